The first-order valence-electron chi connectivity index (χ1n) is 12.1. The van der Waals surface area contributed by atoms with E-state index in [2.05, 4.69) is 5.32 Å². The van der Waals surface area contributed by atoms with Gasteiger partial charge in [-0.3, -0.25) is 13.9 Å². The molecule has 2 aromatic carbocycles. The molecule has 0 bridgehead atoms. The zero-order valence-electron chi connectivity index (χ0n) is 21.3. The lowest BCUT2D eigenvalue weighted by Gasteiger charge is -2.33. The number of carbonyl (C=O) groups is 2. The Bertz CT molecular complexity index is 1180. The van der Waals surface area contributed by atoms with Crippen molar-refractivity contribution >= 4 is 27.5 Å². The van der Waals surface area contributed by atoms with Gasteiger partial charge in [0.15, 0.2) is 11.5 Å². The molecule has 9 nitrogen and oxygen atoms in total. The summed E-state index contributed by atoms with van der Waals surface area (Å²) in [6.07, 6.45) is 2.20. The number of fused-ring (bicyclic) bond motifs is 1. The van der Waals surface area contributed by atoms with Gasteiger partial charge in [0.25, 0.3) is 0 Å². The fourth-order valence-corrected chi connectivity index (χ4v) is 4.90. The second-order valence-electron chi connectivity index (χ2n) is 8.76. The summed E-state index contributed by atoms with van der Waals surface area (Å²) >= 11 is 0. The van der Waals surface area contributed by atoms with Crippen molar-refractivity contribution in [1.29, 1.82) is 0 Å². The van der Waals surface area contributed by atoms with Gasteiger partial charge in [-0.1, -0.05) is 38.1 Å². The molecule has 2 aromatic rings. The van der Waals surface area contributed by atoms with Crippen molar-refractivity contribution in [1.82, 2.24) is 10.2 Å². The number of hydrogen-bond donors (Lipinski definition) is 1. The number of benzene rings is 2. The van der Waals surface area contributed by atoms with Crippen LogP contribution in [0.4, 0.5) is 5.69 Å². The highest BCUT2D eigenvalue weighted by atomic mass is 32.2. The molecule has 0 unspecified atom stereocenters. The highest BCUT2D eigenvalue weighted by molar-refractivity contribution is 7.92. The van der Waals surface area contributed by atoms with E-state index in [-0.39, 0.29) is 18.1 Å². The largest absolute Gasteiger partial charge is 0.486 e. The van der Waals surface area contributed by atoms with Gasteiger partial charge >= 0.3 is 0 Å². The lowest BCUT2D eigenvalue weighted by Crippen LogP contribution is -2.52. The van der Waals surface area contributed by atoms with E-state index in [0.717, 1.165) is 28.1 Å². The summed E-state index contributed by atoms with van der Waals surface area (Å²) in [7, 11) is -3.83. The van der Waals surface area contributed by atoms with Crippen LogP contribution < -0.4 is 19.1 Å². The van der Waals surface area contributed by atoms with E-state index in [1.807, 2.05) is 45.0 Å². The maximum Gasteiger partial charge on any atom is 0.244 e. The van der Waals surface area contributed by atoms with E-state index in [1.54, 1.807) is 18.2 Å². The summed E-state index contributed by atoms with van der Waals surface area (Å²) < 4.78 is 37.7. The number of carbonyl (C=O) groups excluding carboxylic acids is 2. The van der Waals surface area contributed by atoms with Crippen molar-refractivity contribution < 1.29 is 27.5 Å². The molecule has 2 amide bonds. The highest BCUT2D eigenvalue weighted by Crippen LogP contribution is 2.34. The molecule has 0 fully saturated rings. The third kappa shape index (κ3) is 6.69. The highest BCUT2D eigenvalue weighted by Gasteiger charge is 2.32. The fraction of sp³-hybridized carbons (Fsp3) is 0.462. The fourth-order valence-electron chi connectivity index (χ4n) is 4.06. The van der Waals surface area contributed by atoms with Gasteiger partial charge in [-0.25, -0.2) is 8.42 Å². The minimum atomic E-state index is -3.83. The molecule has 0 aromatic heterocycles. The lowest BCUT2D eigenvalue weighted by atomic mass is 10.1. The Morgan fingerprint density at radius 1 is 1.06 bits per heavy atom. The van der Waals surface area contributed by atoms with Crippen molar-refractivity contribution in [2.45, 2.75) is 46.2 Å². The molecule has 1 N–H and O–H groups in total. The standard InChI is InChI=1S/C26H35N3O6S/c1-5-13-27-26(31)22(6-2)28(17-20-10-8-7-9-19(20)3)25(30)18-29(36(4,32)33)21-11-12-23-24(16-21)35-15-14-34-23/h7-12,16,22H,5-6,13-15,17-18H2,1-4H3,(H,27,31)/t22-/m0/s1. The first-order valence-corrected chi connectivity index (χ1v) is 14.0. The predicted molar refractivity (Wildman–Crippen MR) is 139 cm³/mol. The van der Waals surface area contributed by atoms with Gasteiger partial charge in [-0.2, -0.15) is 0 Å². The molecule has 10 heteroatoms. The Balaban J connectivity index is 1.95. The number of ether oxygens (including phenoxy) is 2. The van der Waals surface area contributed by atoms with Crippen LogP contribution in [0.5, 0.6) is 11.5 Å². The van der Waals surface area contributed by atoms with E-state index >= 15 is 0 Å². The Morgan fingerprint density at radius 2 is 1.75 bits per heavy atom. The van der Waals surface area contributed by atoms with E-state index in [4.69, 9.17) is 9.47 Å². The number of amides is 2. The third-order valence-corrected chi connectivity index (χ3v) is 7.17. The van der Waals surface area contributed by atoms with Crippen molar-refractivity contribution in [3.8, 4) is 11.5 Å². The molecular formula is C26H35N3O6S. The number of hydrogen-bond acceptors (Lipinski definition) is 6. The van der Waals surface area contributed by atoms with E-state index in [0.29, 0.717) is 37.7 Å². The summed E-state index contributed by atoms with van der Waals surface area (Å²) in [5.74, 6) is 0.204. The number of nitrogens with one attached hydrogen (secondary N) is 1. The second kappa shape index (κ2) is 12.1. The topological polar surface area (TPSA) is 105 Å². The minimum Gasteiger partial charge on any atom is -0.486 e. The van der Waals surface area contributed by atoms with Crippen molar-refractivity contribution in [3.63, 3.8) is 0 Å². The molecule has 36 heavy (non-hydrogen) atoms. The maximum absolute atomic E-state index is 13.7. The molecule has 0 spiro atoms. The molecule has 0 saturated carbocycles. The number of nitrogens with zero attached hydrogens (tertiary/aromatic N) is 2. The monoisotopic (exact) mass is 517 g/mol. The van der Waals surface area contributed by atoms with Crippen LogP contribution in [0.2, 0.25) is 0 Å². The van der Waals surface area contributed by atoms with Crippen LogP contribution in [-0.4, -0.2) is 63.7 Å². The van der Waals surface area contributed by atoms with Gasteiger partial charge in [0.05, 0.1) is 11.9 Å². The van der Waals surface area contributed by atoms with Crippen LogP contribution in [0, 0.1) is 6.92 Å². The molecule has 0 aliphatic carbocycles. The van der Waals surface area contributed by atoms with Gasteiger partial charge in [-0.15, -0.1) is 0 Å². The van der Waals surface area contributed by atoms with Crippen LogP contribution in [0.1, 0.15) is 37.8 Å². The smallest absolute Gasteiger partial charge is 0.244 e. The Morgan fingerprint density at radius 3 is 2.39 bits per heavy atom. The van der Waals surface area contributed by atoms with Crippen molar-refractivity contribution in [3.05, 3.63) is 53.6 Å². The molecule has 0 saturated heterocycles. The van der Waals surface area contributed by atoms with Gasteiger partial charge in [0.2, 0.25) is 21.8 Å². The maximum atomic E-state index is 13.7. The number of sulfonamides is 1. The average Bonchev–Trinajstić information content (AvgIpc) is 2.85. The molecule has 0 radical (unpaired) electrons. The summed E-state index contributed by atoms with van der Waals surface area (Å²) in [6, 6.07) is 11.6. The number of anilines is 1. The predicted octanol–water partition coefficient (Wildman–Crippen LogP) is 2.87. The van der Waals surface area contributed by atoms with Gasteiger partial charge in [0, 0.05) is 19.2 Å². The normalized spacial score (nSPS) is 13.6. The summed E-state index contributed by atoms with van der Waals surface area (Å²) in [5, 5.41) is 2.87. The Kier molecular flexibility index (Phi) is 9.19. The van der Waals surface area contributed by atoms with Crippen LogP contribution in [0.15, 0.2) is 42.5 Å². The van der Waals surface area contributed by atoms with Gasteiger partial charge < -0.3 is 19.7 Å². The molecule has 3 rings (SSSR count). The molecular weight excluding hydrogens is 482 g/mol. The number of rotatable bonds is 11. The summed E-state index contributed by atoms with van der Waals surface area (Å²) in [5.41, 5.74) is 2.15. The van der Waals surface area contributed by atoms with E-state index < -0.39 is 28.5 Å². The van der Waals surface area contributed by atoms with E-state index in [1.165, 1.54) is 4.90 Å². The zero-order valence-corrected chi connectivity index (χ0v) is 22.1. The van der Waals surface area contributed by atoms with Crippen LogP contribution in [0.3, 0.4) is 0 Å². The van der Waals surface area contributed by atoms with Crippen molar-refractivity contribution in [2.75, 3.05) is 36.9 Å². The molecule has 1 heterocycles. The van der Waals surface area contributed by atoms with Crippen molar-refractivity contribution in [2.24, 2.45) is 0 Å². The zero-order chi connectivity index (χ0) is 26.3. The van der Waals surface area contributed by atoms with Gasteiger partial charge in [0.1, 0.15) is 25.8 Å². The van der Waals surface area contributed by atoms with Crippen LogP contribution >= 0.6 is 0 Å². The Hall–Kier alpha value is -3.27. The molecule has 1 atom stereocenters. The first kappa shape index (κ1) is 27.3. The SMILES string of the molecule is CCCNC(=O)[C@H](CC)N(Cc1ccccc1C)C(=O)CN(c1ccc2c(c1)OCCO2)S(C)(=O)=O. The number of aryl methyl sites for hydroxylation is 1. The van der Waals surface area contributed by atoms with Crippen LogP contribution in [0.25, 0.3) is 0 Å². The van der Waals surface area contributed by atoms with E-state index in [9.17, 15) is 18.0 Å². The molecule has 1 aliphatic rings. The summed E-state index contributed by atoms with van der Waals surface area (Å²) in [4.78, 5) is 28.2. The third-order valence-electron chi connectivity index (χ3n) is 6.03. The molecule has 196 valence electrons. The first-order chi connectivity index (χ1) is 17.2. The summed E-state index contributed by atoms with van der Waals surface area (Å²) in [6.45, 7) is 6.71. The Labute approximate surface area is 213 Å². The quantitative estimate of drug-likeness (QED) is 0.492. The minimum absolute atomic E-state index is 0.183. The van der Waals surface area contributed by atoms with Crippen LogP contribution in [-0.2, 0) is 26.2 Å². The molecule has 1 aliphatic heterocycles. The average molecular weight is 518 g/mol. The second-order valence-corrected chi connectivity index (χ2v) is 10.7. The lowest BCUT2D eigenvalue weighted by molar-refractivity contribution is -0.140. The van der Waals surface area contributed by atoms with Gasteiger partial charge in [-0.05, 0) is 43.0 Å².